The number of aryl methyl sites for hydroxylation is 1. The monoisotopic (exact) mass is 269 g/mol. The molecule has 0 saturated carbocycles. The van der Waals surface area contributed by atoms with Crippen molar-refractivity contribution < 1.29 is 9.53 Å². The predicted molar refractivity (Wildman–Crippen MR) is 71.8 cm³/mol. The molecule has 1 aromatic rings. The summed E-state index contributed by atoms with van der Waals surface area (Å²) in [5, 5.41) is 0.447. The van der Waals surface area contributed by atoms with Crippen LogP contribution in [0.15, 0.2) is 0 Å². The van der Waals surface area contributed by atoms with Gasteiger partial charge in [0.15, 0.2) is 5.13 Å². The number of carbonyl (C=O) groups is 1. The first-order valence-electron chi connectivity index (χ1n) is 6.02. The van der Waals surface area contributed by atoms with Crippen LogP contribution in [0, 0.1) is 6.92 Å². The normalized spacial score (nSPS) is 24.3. The SMILES string of the molecule is COC1(C)CCCN(C(=O)c2sc(N)nc2C)C1. The minimum Gasteiger partial charge on any atom is -0.377 e. The number of hydrogen-bond donors (Lipinski definition) is 1. The number of carbonyl (C=O) groups excluding carboxylic acids is 1. The van der Waals surface area contributed by atoms with E-state index in [4.69, 9.17) is 10.5 Å². The number of anilines is 1. The lowest BCUT2D eigenvalue weighted by atomic mass is 9.94. The number of piperidine rings is 1. The van der Waals surface area contributed by atoms with Crippen LogP contribution in [0.1, 0.15) is 35.1 Å². The van der Waals surface area contributed by atoms with E-state index in [2.05, 4.69) is 4.98 Å². The number of aromatic nitrogens is 1. The van der Waals surface area contributed by atoms with Crippen molar-refractivity contribution in [2.24, 2.45) is 0 Å². The van der Waals surface area contributed by atoms with E-state index in [1.165, 1.54) is 11.3 Å². The minimum absolute atomic E-state index is 0.0182. The maximum absolute atomic E-state index is 12.4. The zero-order chi connectivity index (χ0) is 13.3. The molecule has 1 amide bonds. The first-order chi connectivity index (χ1) is 8.45. The maximum atomic E-state index is 12.4. The number of hydrogen-bond acceptors (Lipinski definition) is 5. The number of nitrogens with zero attached hydrogens (tertiary/aromatic N) is 2. The van der Waals surface area contributed by atoms with Gasteiger partial charge < -0.3 is 15.4 Å². The summed E-state index contributed by atoms with van der Waals surface area (Å²) < 4.78 is 5.50. The highest BCUT2D eigenvalue weighted by Gasteiger charge is 2.34. The molecule has 1 aliphatic rings. The molecule has 6 heteroatoms. The molecule has 1 atom stereocenters. The van der Waals surface area contributed by atoms with Gasteiger partial charge >= 0.3 is 0 Å². The van der Waals surface area contributed by atoms with E-state index in [9.17, 15) is 4.79 Å². The molecule has 0 radical (unpaired) electrons. The Morgan fingerprint density at radius 2 is 2.33 bits per heavy atom. The lowest BCUT2D eigenvalue weighted by molar-refractivity contribution is -0.0439. The molecule has 2 N–H and O–H groups in total. The van der Waals surface area contributed by atoms with Crippen LogP contribution in [0.4, 0.5) is 5.13 Å². The van der Waals surface area contributed by atoms with Gasteiger partial charge in [-0.2, -0.15) is 0 Å². The Bertz CT molecular complexity index is 460. The number of ether oxygens (including phenoxy) is 1. The van der Waals surface area contributed by atoms with Gasteiger partial charge in [-0.25, -0.2) is 4.98 Å². The summed E-state index contributed by atoms with van der Waals surface area (Å²) >= 11 is 1.26. The number of thiazole rings is 1. The standard InChI is InChI=1S/C12H19N3O2S/c1-8-9(18-11(13)14-8)10(16)15-6-4-5-12(2,7-15)17-3/h4-7H2,1-3H3,(H2,13,14). The van der Waals surface area contributed by atoms with Gasteiger partial charge in [-0.1, -0.05) is 11.3 Å². The second kappa shape index (κ2) is 4.85. The highest BCUT2D eigenvalue weighted by molar-refractivity contribution is 7.17. The van der Waals surface area contributed by atoms with Gasteiger partial charge in [0.25, 0.3) is 5.91 Å². The van der Waals surface area contributed by atoms with Crippen molar-refractivity contribution >= 4 is 22.4 Å². The summed E-state index contributed by atoms with van der Waals surface area (Å²) in [5.74, 6) is 0.0182. The van der Waals surface area contributed by atoms with Gasteiger partial charge in [0.1, 0.15) is 4.88 Å². The fourth-order valence-electron chi connectivity index (χ4n) is 2.30. The summed E-state index contributed by atoms with van der Waals surface area (Å²) in [7, 11) is 1.70. The van der Waals surface area contributed by atoms with E-state index in [1.807, 2.05) is 18.7 Å². The first-order valence-corrected chi connectivity index (χ1v) is 6.84. The molecule has 0 aliphatic carbocycles. The third-order valence-electron chi connectivity index (χ3n) is 3.45. The van der Waals surface area contributed by atoms with Gasteiger partial charge in [0, 0.05) is 20.2 Å². The van der Waals surface area contributed by atoms with E-state index in [0.29, 0.717) is 22.2 Å². The lowest BCUT2D eigenvalue weighted by Crippen LogP contribution is -2.49. The molecule has 1 aromatic heterocycles. The van der Waals surface area contributed by atoms with Crippen molar-refractivity contribution in [3.8, 4) is 0 Å². The number of nitrogens with two attached hydrogens (primary N) is 1. The quantitative estimate of drug-likeness (QED) is 0.887. The van der Waals surface area contributed by atoms with Crippen LogP contribution in [0.25, 0.3) is 0 Å². The molecule has 0 bridgehead atoms. The minimum atomic E-state index is -0.238. The Balaban J connectivity index is 2.16. The first kappa shape index (κ1) is 13.3. The molecule has 1 unspecified atom stereocenters. The third kappa shape index (κ3) is 2.49. The predicted octanol–water partition coefficient (Wildman–Crippen LogP) is 1.67. The third-order valence-corrected chi connectivity index (χ3v) is 4.42. The Hall–Kier alpha value is -1.14. The van der Waals surface area contributed by atoms with Crippen LogP contribution < -0.4 is 5.73 Å². The van der Waals surface area contributed by atoms with Crippen LogP contribution >= 0.6 is 11.3 Å². The average molecular weight is 269 g/mol. The summed E-state index contributed by atoms with van der Waals surface area (Å²) in [6, 6.07) is 0. The van der Waals surface area contributed by atoms with Gasteiger partial charge in [-0.3, -0.25) is 4.79 Å². The van der Waals surface area contributed by atoms with E-state index in [0.717, 1.165) is 19.4 Å². The summed E-state index contributed by atoms with van der Waals surface area (Å²) in [5.41, 5.74) is 6.12. The largest absolute Gasteiger partial charge is 0.377 e. The topological polar surface area (TPSA) is 68.5 Å². The zero-order valence-electron chi connectivity index (χ0n) is 11.0. The van der Waals surface area contributed by atoms with Gasteiger partial charge in [0.05, 0.1) is 11.3 Å². The van der Waals surface area contributed by atoms with E-state index in [-0.39, 0.29) is 11.5 Å². The fraction of sp³-hybridized carbons (Fsp3) is 0.667. The van der Waals surface area contributed by atoms with Crippen LogP contribution in [-0.2, 0) is 4.74 Å². The van der Waals surface area contributed by atoms with Crippen LogP contribution in [0.3, 0.4) is 0 Å². The van der Waals surface area contributed by atoms with E-state index in [1.54, 1.807) is 7.11 Å². The Morgan fingerprint density at radius 1 is 1.61 bits per heavy atom. The fourth-order valence-corrected chi connectivity index (χ4v) is 3.11. The number of methoxy groups -OCH3 is 1. The van der Waals surface area contributed by atoms with Crippen LogP contribution in [0.2, 0.25) is 0 Å². The number of likely N-dealkylation sites (tertiary alicyclic amines) is 1. The summed E-state index contributed by atoms with van der Waals surface area (Å²) in [6.45, 7) is 5.26. The molecule has 5 nitrogen and oxygen atoms in total. The Morgan fingerprint density at radius 3 is 2.89 bits per heavy atom. The summed E-state index contributed by atoms with van der Waals surface area (Å²) in [4.78, 5) is 19.0. The van der Waals surface area contributed by atoms with Crippen molar-refractivity contribution in [1.82, 2.24) is 9.88 Å². The molecule has 18 heavy (non-hydrogen) atoms. The molecular weight excluding hydrogens is 250 g/mol. The van der Waals surface area contributed by atoms with Crippen LogP contribution in [0.5, 0.6) is 0 Å². The molecule has 1 fully saturated rings. The van der Waals surface area contributed by atoms with Crippen molar-refractivity contribution in [3.63, 3.8) is 0 Å². The van der Waals surface area contributed by atoms with Gasteiger partial charge in [-0.05, 0) is 26.7 Å². The van der Waals surface area contributed by atoms with Crippen molar-refractivity contribution in [1.29, 1.82) is 0 Å². The second-order valence-electron chi connectivity index (χ2n) is 4.95. The molecule has 2 rings (SSSR count). The highest BCUT2D eigenvalue weighted by atomic mass is 32.1. The number of nitrogen functional groups attached to an aromatic ring is 1. The second-order valence-corrected chi connectivity index (χ2v) is 5.98. The lowest BCUT2D eigenvalue weighted by Gasteiger charge is -2.39. The molecule has 100 valence electrons. The molecule has 0 spiro atoms. The van der Waals surface area contributed by atoms with Crippen molar-refractivity contribution in [3.05, 3.63) is 10.6 Å². The van der Waals surface area contributed by atoms with Gasteiger partial charge in [0.2, 0.25) is 0 Å². The van der Waals surface area contributed by atoms with E-state index < -0.39 is 0 Å². The molecule has 1 saturated heterocycles. The number of rotatable bonds is 2. The number of amides is 1. The molecule has 0 aromatic carbocycles. The molecule has 1 aliphatic heterocycles. The Kier molecular flexibility index (Phi) is 3.59. The van der Waals surface area contributed by atoms with Crippen molar-refractivity contribution in [2.45, 2.75) is 32.3 Å². The highest BCUT2D eigenvalue weighted by Crippen LogP contribution is 2.27. The van der Waals surface area contributed by atoms with Crippen LogP contribution in [-0.4, -0.2) is 41.6 Å². The summed E-state index contributed by atoms with van der Waals surface area (Å²) in [6.07, 6.45) is 1.94. The van der Waals surface area contributed by atoms with Gasteiger partial charge in [-0.15, -0.1) is 0 Å². The average Bonchev–Trinajstić information content (AvgIpc) is 2.67. The van der Waals surface area contributed by atoms with E-state index >= 15 is 0 Å². The van der Waals surface area contributed by atoms with Crippen molar-refractivity contribution in [2.75, 3.05) is 25.9 Å². The zero-order valence-corrected chi connectivity index (χ0v) is 11.8. The maximum Gasteiger partial charge on any atom is 0.266 e. The smallest absolute Gasteiger partial charge is 0.266 e. The molecular formula is C12H19N3O2S. The molecule has 2 heterocycles. The Labute approximate surface area is 111 Å².